The quantitative estimate of drug-likeness (QED) is 0.629. The van der Waals surface area contributed by atoms with Gasteiger partial charge in [-0.15, -0.1) is 0 Å². The van der Waals surface area contributed by atoms with E-state index in [9.17, 15) is 14.0 Å². The number of hydrogen-bond acceptors (Lipinski definition) is 3. The van der Waals surface area contributed by atoms with Crippen LogP contribution in [-0.2, 0) is 16.0 Å². The van der Waals surface area contributed by atoms with Crippen LogP contribution in [0.15, 0.2) is 24.3 Å². The van der Waals surface area contributed by atoms with Gasteiger partial charge < -0.3 is 16.0 Å². The standard InChI is InChI=1S/C18H26FN3O2/c19-16-3-1-2-15(12-16)13-18(24)22-11-10-21-17(23)5-4-14-6-8-20-9-7-14/h1-3,12,14,20H,4-11,13H2,(H,21,23)(H,22,24). The van der Waals surface area contributed by atoms with E-state index in [4.69, 9.17) is 0 Å². The van der Waals surface area contributed by atoms with E-state index < -0.39 is 0 Å². The van der Waals surface area contributed by atoms with E-state index in [1.54, 1.807) is 12.1 Å². The monoisotopic (exact) mass is 335 g/mol. The second kappa shape index (κ2) is 10.0. The number of halogens is 1. The summed E-state index contributed by atoms with van der Waals surface area (Å²) in [6, 6.07) is 5.99. The van der Waals surface area contributed by atoms with Gasteiger partial charge >= 0.3 is 0 Å². The molecule has 1 aromatic rings. The maximum atomic E-state index is 13.0. The van der Waals surface area contributed by atoms with Gasteiger partial charge in [0, 0.05) is 19.5 Å². The van der Waals surface area contributed by atoms with Crippen LogP contribution in [0.5, 0.6) is 0 Å². The van der Waals surface area contributed by atoms with Gasteiger partial charge in [-0.3, -0.25) is 9.59 Å². The van der Waals surface area contributed by atoms with Crippen LogP contribution in [-0.4, -0.2) is 38.0 Å². The lowest BCUT2D eigenvalue weighted by atomic mass is 9.93. The summed E-state index contributed by atoms with van der Waals surface area (Å²) in [6.07, 6.45) is 3.90. The van der Waals surface area contributed by atoms with Crippen molar-refractivity contribution in [3.05, 3.63) is 35.6 Å². The number of rotatable bonds is 8. The summed E-state index contributed by atoms with van der Waals surface area (Å²) in [7, 11) is 0. The highest BCUT2D eigenvalue weighted by Crippen LogP contribution is 2.17. The smallest absolute Gasteiger partial charge is 0.224 e. The van der Waals surface area contributed by atoms with E-state index in [0.29, 0.717) is 31.0 Å². The van der Waals surface area contributed by atoms with Gasteiger partial charge in [0.05, 0.1) is 6.42 Å². The largest absolute Gasteiger partial charge is 0.354 e. The Labute approximate surface area is 142 Å². The molecular weight excluding hydrogens is 309 g/mol. The highest BCUT2D eigenvalue weighted by Gasteiger charge is 2.14. The number of amides is 2. The van der Waals surface area contributed by atoms with Crippen molar-refractivity contribution < 1.29 is 14.0 Å². The minimum Gasteiger partial charge on any atom is -0.354 e. The van der Waals surface area contributed by atoms with Crippen LogP contribution in [0.25, 0.3) is 0 Å². The first-order chi connectivity index (χ1) is 11.6. The van der Waals surface area contributed by atoms with Crippen LogP contribution in [0.3, 0.4) is 0 Å². The average molecular weight is 335 g/mol. The van der Waals surface area contributed by atoms with Gasteiger partial charge in [0.2, 0.25) is 11.8 Å². The third kappa shape index (κ3) is 7.08. The molecule has 0 bridgehead atoms. The lowest BCUT2D eigenvalue weighted by molar-refractivity contribution is -0.122. The van der Waals surface area contributed by atoms with Gasteiger partial charge in [0.15, 0.2) is 0 Å². The SMILES string of the molecule is O=C(CCC1CCNCC1)NCCNC(=O)Cc1cccc(F)c1. The third-order valence-electron chi connectivity index (χ3n) is 4.26. The molecule has 0 radical (unpaired) electrons. The molecule has 1 aliphatic heterocycles. The molecular formula is C18H26FN3O2. The zero-order valence-electron chi connectivity index (χ0n) is 13.9. The summed E-state index contributed by atoms with van der Waals surface area (Å²) in [6.45, 7) is 2.89. The van der Waals surface area contributed by atoms with Crippen molar-refractivity contribution >= 4 is 11.8 Å². The first kappa shape index (κ1) is 18.4. The van der Waals surface area contributed by atoms with Crippen LogP contribution in [0.1, 0.15) is 31.2 Å². The number of hydrogen-bond donors (Lipinski definition) is 3. The van der Waals surface area contributed by atoms with Crippen LogP contribution in [0.2, 0.25) is 0 Å². The molecule has 0 unspecified atom stereocenters. The summed E-state index contributed by atoms with van der Waals surface area (Å²) >= 11 is 0. The van der Waals surface area contributed by atoms with Gasteiger partial charge in [-0.05, 0) is 56.0 Å². The van der Waals surface area contributed by atoms with Crippen molar-refractivity contribution in [2.24, 2.45) is 5.92 Å². The van der Waals surface area contributed by atoms with E-state index in [0.717, 1.165) is 32.4 Å². The predicted molar refractivity (Wildman–Crippen MR) is 91.0 cm³/mol. The molecule has 0 aromatic heterocycles. The number of nitrogens with one attached hydrogen (secondary N) is 3. The number of carbonyl (C=O) groups excluding carboxylic acids is 2. The summed E-state index contributed by atoms with van der Waals surface area (Å²) in [5.41, 5.74) is 0.638. The van der Waals surface area contributed by atoms with Gasteiger partial charge in [0.1, 0.15) is 5.82 Å². The Hall–Kier alpha value is -1.95. The van der Waals surface area contributed by atoms with Crippen LogP contribution in [0.4, 0.5) is 4.39 Å². The molecule has 1 aromatic carbocycles. The number of benzene rings is 1. The minimum absolute atomic E-state index is 0.0351. The Morgan fingerprint density at radius 1 is 1.12 bits per heavy atom. The fraction of sp³-hybridized carbons (Fsp3) is 0.556. The van der Waals surface area contributed by atoms with Crippen molar-refractivity contribution in [1.82, 2.24) is 16.0 Å². The molecule has 2 amide bonds. The summed E-state index contributed by atoms with van der Waals surface area (Å²) in [5, 5.41) is 8.86. The predicted octanol–water partition coefficient (Wildman–Crippen LogP) is 1.38. The molecule has 1 aliphatic rings. The van der Waals surface area contributed by atoms with Crippen molar-refractivity contribution in [3.63, 3.8) is 0 Å². The van der Waals surface area contributed by atoms with Crippen molar-refractivity contribution in [2.75, 3.05) is 26.2 Å². The number of piperidine rings is 1. The molecule has 0 spiro atoms. The van der Waals surface area contributed by atoms with Gasteiger partial charge in [-0.2, -0.15) is 0 Å². The molecule has 1 fully saturated rings. The molecule has 24 heavy (non-hydrogen) atoms. The minimum atomic E-state index is -0.346. The van der Waals surface area contributed by atoms with Crippen molar-refractivity contribution in [3.8, 4) is 0 Å². The second-order valence-electron chi connectivity index (χ2n) is 6.24. The summed E-state index contributed by atoms with van der Waals surface area (Å²) in [4.78, 5) is 23.5. The third-order valence-corrected chi connectivity index (χ3v) is 4.26. The lowest BCUT2D eigenvalue weighted by Gasteiger charge is -2.22. The summed E-state index contributed by atoms with van der Waals surface area (Å²) < 4.78 is 13.0. The Morgan fingerprint density at radius 3 is 2.54 bits per heavy atom. The maximum Gasteiger partial charge on any atom is 0.224 e. The second-order valence-corrected chi connectivity index (χ2v) is 6.24. The molecule has 132 valence electrons. The van der Waals surface area contributed by atoms with E-state index in [1.807, 2.05) is 0 Å². The molecule has 3 N–H and O–H groups in total. The molecule has 0 atom stereocenters. The van der Waals surface area contributed by atoms with Crippen LogP contribution < -0.4 is 16.0 Å². The normalized spacial score (nSPS) is 15.0. The van der Waals surface area contributed by atoms with E-state index >= 15 is 0 Å². The first-order valence-electron chi connectivity index (χ1n) is 8.62. The summed E-state index contributed by atoms with van der Waals surface area (Å²) in [5.74, 6) is 0.154. The van der Waals surface area contributed by atoms with Gasteiger partial charge in [0.25, 0.3) is 0 Å². The highest BCUT2D eigenvalue weighted by molar-refractivity contribution is 5.79. The van der Waals surface area contributed by atoms with E-state index in [1.165, 1.54) is 12.1 Å². The average Bonchev–Trinajstić information content (AvgIpc) is 2.58. The fourth-order valence-corrected chi connectivity index (χ4v) is 2.89. The van der Waals surface area contributed by atoms with Gasteiger partial charge in [-0.25, -0.2) is 4.39 Å². The van der Waals surface area contributed by atoms with Crippen molar-refractivity contribution in [2.45, 2.75) is 32.1 Å². The molecule has 6 heteroatoms. The van der Waals surface area contributed by atoms with Crippen molar-refractivity contribution in [1.29, 1.82) is 0 Å². The van der Waals surface area contributed by atoms with Gasteiger partial charge in [-0.1, -0.05) is 12.1 Å². The van der Waals surface area contributed by atoms with E-state index in [-0.39, 0.29) is 24.1 Å². The topological polar surface area (TPSA) is 70.2 Å². The van der Waals surface area contributed by atoms with Crippen LogP contribution >= 0.6 is 0 Å². The molecule has 2 rings (SSSR count). The van der Waals surface area contributed by atoms with Crippen LogP contribution in [0, 0.1) is 11.7 Å². The maximum absolute atomic E-state index is 13.0. The molecule has 0 aliphatic carbocycles. The molecule has 1 heterocycles. The number of carbonyl (C=O) groups is 2. The van der Waals surface area contributed by atoms with E-state index in [2.05, 4.69) is 16.0 Å². The highest BCUT2D eigenvalue weighted by atomic mass is 19.1. The molecule has 1 saturated heterocycles. The lowest BCUT2D eigenvalue weighted by Crippen LogP contribution is -2.35. The Morgan fingerprint density at radius 2 is 1.83 bits per heavy atom. The molecule has 0 saturated carbocycles. The Kier molecular flexibility index (Phi) is 7.68. The fourth-order valence-electron chi connectivity index (χ4n) is 2.89. The Balaban J connectivity index is 1.53. The molecule has 5 nitrogen and oxygen atoms in total. The Bertz CT molecular complexity index is 545. The zero-order valence-corrected chi connectivity index (χ0v) is 13.9. The first-order valence-corrected chi connectivity index (χ1v) is 8.62. The zero-order chi connectivity index (χ0) is 17.2.